The largest absolute Gasteiger partial charge is 0.277 e. The van der Waals surface area contributed by atoms with E-state index in [1.807, 2.05) is 7.05 Å². The molecule has 0 aromatic rings. The summed E-state index contributed by atoms with van der Waals surface area (Å²) in [5.41, 5.74) is 0. The van der Waals surface area contributed by atoms with Gasteiger partial charge in [-0.25, -0.2) is 0 Å². The average molecular weight is 163 g/mol. The second kappa shape index (κ2) is 1.69. The molecule has 0 aliphatic carbocycles. The van der Waals surface area contributed by atoms with Crippen LogP contribution < -0.4 is 0 Å². The van der Waals surface area contributed by atoms with E-state index in [4.69, 9.17) is 0 Å². The lowest BCUT2D eigenvalue weighted by Gasteiger charge is -2.04. The number of halogens is 1. The molecule has 3 nitrogen and oxygen atoms in total. The maximum Gasteiger partial charge on any atom is 0.206 e. The maximum absolute atomic E-state index is 3.78. The Kier molecular flexibility index (Phi) is 1.19. The summed E-state index contributed by atoms with van der Waals surface area (Å²) in [6.07, 6.45) is 2.67. The highest BCUT2D eigenvalue weighted by atomic mass is 79.9. The monoisotopic (exact) mass is 162 g/mol. The average Bonchev–Trinajstić information content (AvgIpc) is 1.87. The Morgan fingerprint density at radius 3 is 2.71 bits per heavy atom. The minimum atomic E-state index is 0.778. The van der Waals surface area contributed by atoms with Crippen LogP contribution in [-0.4, -0.2) is 29.0 Å². The van der Waals surface area contributed by atoms with Gasteiger partial charge in [-0.15, -0.1) is 0 Å². The summed E-state index contributed by atoms with van der Waals surface area (Å²) >= 11 is 3.17. The molecule has 0 saturated heterocycles. The Morgan fingerprint density at radius 1 is 1.86 bits per heavy atom. The van der Waals surface area contributed by atoms with Gasteiger partial charge in [-0.3, -0.25) is 8.93 Å². The van der Waals surface area contributed by atoms with E-state index >= 15 is 0 Å². The first kappa shape index (κ1) is 4.90. The zero-order valence-corrected chi connectivity index (χ0v) is 5.51. The number of rotatable bonds is 0. The molecular formula is C3H5BrN3. The van der Waals surface area contributed by atoms with E-state index in [2.05, 4.69) is 27.6 Å². The molecule has 0 spiro atoms. The van der Waals surface area contributed by atoms with Crippen LogP contribution in [0.5, 0.6) is 0 Å². The van der Waals surface area contributed by atoms with Crippen LogP contribution in [0.25, 0.3) is 0 Å². The van der Waals surface area contributed by atoms with E-state index in [1.165, 1.54) is 0 Å². The Labute approximate surface area is 50.9 Å². The fourth-order valence-electron chi connectivity index (χ4n) is 0.368. The zero-order valence-electron chi connectivity index (χ0n) is 3.93. The second-order valence-corrected chi connectivity index (χ2v) is 2.22. The van der Waals surface area contributed by atoms with Gasteiger partial charge in [0.25, 0.3) is 0 Å². The molecule has 0 unspecified atom stereocenters. The summed E-state index contributed by atoms with van der Waals surface area (Å²) < 4.78 is 1.70. The van der Waals surface area contributed by atoms with Crippen molar-refractivity contribution in [3.8, 4) is 0 Å². The van der Waals surface area contributed by atoms with Gasteiger partial charge in [0, 0.05) is 7.05 Å². The van der Waals surface area contributed by atoms with Crippen molar-refractivity contribution in [1.29, 1.82) is 0 Å². The smallest absolute Gasteiger partial charge is 0.206 e. The molecule has 1 aliphatic heterocycles. The first-order valence-corrected chi connectivity index (χ1v) is 2.61. The van der Waals surface area contributed by atoms with Crippen molar-refractivity contribution in [2.75, 3.05) is 13.7 Å². The fraction of sp³-hybridized carbons (Fsp3) is 0.667. The SMILES string of the molecule is CN1CN(Br)[C]=N1. The van der Waals surface area contributed by atoms with Gasteiger partial charge in [0.2, 0.25) is 6.34 Å². The Hall–Kier alpha value is -0.250. The van der Waals surface area contributed by atoms with Gasteiger partial charge >= 0.3 is 0 Å². The number of hydrogen-bond donors (Lipinski definition) is 0. The van der Waals surface area contributed by atoms with Crippen LogP contribution in [-0.2, 0) is 0 Å². The van der Waals surface area contributed by atoms with Crippen LogP contribution in [0.3, 0.4) is 0 Å². The molecule has 0 aromatic carbocycles. The first-order chi connectivity index (χ1) is 3.29. The predicted octanol–water partition coefficient (Wildman–Crippen LogP) is 0.322. The van der Waals surface area contributed by atoms with Gasteiger partial charge in [-0.2, -0.15) is 5.10 Å². The Bertz CT molecular complexity index is 82.2. The quantitative estimate of drug-likeness (QED) is 0.479. The molecule has 1 aliphatic rings. The lowest BCUT2D eigenvalue weighted by molar-refractivity contribution is 0.347. The first-order valence-electron chi connectivity index (χ1n) is 1.90. The molecule has 0 amide bonds. The Balaban J connectivity index is 2.42. The van der Waals surface area contributed by atoms with Crippen molar-refractivity contribution in [2.24, 2.45) is 5.10 Å². The van der Waals surface area contributed by atoms with E-state index < -0.39 is 0 Å². The van der Waals surface area contributed by atoms with Gasteiger partial charge in [-0.1, -0.05) is 0 Å². The van der Waals surface area contributed by atoms with E-state index in [1.54, 1.807) is 8.93 Å². The molecule has 0 N–H and O–H groups in total. The van der Waals surface area contributed by atoms with Gasteiger partial charge < -0.3 is 0 Å². The molecule has 1 rings (SSSR count). The van der Waals surface area contributed by atoms with E-state index in [0.29, 0.717) is 0 Å². The number of hydrogen-bond acceptors (Lipinski definition) is 3. The number of nitrogens with zero attached hydrogens (tertiary/aromatic N) is 3. The molecule has 1 heterocycles. The predicted molar refractivity (Wildman–Crippen MR) is 30.8 cm³/mol. The van der Waals surface area contributed by atoms with Crippen LogP contribution >= 0.6 is 16.1 Å². The highest BCUT2D eigenvalue weighted by Crippen LogP contribution is 2.01. The molecular weight excluding hydrogens is 158 g/mol. The van der Waals surface area contributed by atoms with Gasteiger partial charge in [0.1, 0.15) is 6.67 Å². The summed E-state index contributed by atoms with van der Waals surface area (Å²) in [5.74, 6) is 0. The van der Waals surface area contributed by atoms with Crippen molar-refractivity contribution < 1.29 is 0 Å². The molecule has 0 saturated carbocycles. The fourth-order valence-corrected chi connectivity index (χ4v) is 0.763. The summed E-state index contributed by atoms with van der Waals surface area (Å²) in [6, 6.07) is 0. The lowest BCUT2D eigenvalue weighted by Crippen LogP contribution is -2.14. The van der Waals surface area contributed by atoms with E-state index in [0.717, 1.165) is 6.67 Å². The summed E-state index contributed by atoms with van der Waals surface area (Å²) in [4.78, 5) is 0. The van der Waals surface area contributed by atoms with Crippen molar-refractivity contribution in [3.05, 3.63) is 0 Å². The molecule has 0 aromatic heterocycles. The molecule has 0 atom stereocenters. The van der Waals surface area contributed by atoms with Crippen LogP contribution in [0.1, 0.15) is 0 Å². The molecule has 1 radical (unpaired) electrons. The van der Waals surface area contributed by atoms with Crippen LogP contribution in [0.4, 0.5) is 0 Å². The zero-order chi connectivity index (χ0) is 5.28. The molecule has 0 fully saturated rings. The third kappa shape index (κ3) is 1.06. The third-order valence-electron chi connectivity index (χ3n) is 0.653. The second-order valence-electron chi connectivity index (χ2n) is 1.36. The topological polar surface area (TPSA) is 18.8 Å². The van der Waals surface area contributed by atoms with Crippen molar-refractivity contribution in [1.82, 2.24) is 8.93 Å². The molecule has 39 valence electrons. The summed E-state index contributed by atoms with van der Waals surface area (Å²) in [7, 11) is 1.88. The highest BCUT2D eigenvalue weighted by Gasteiger charge is 2.04. The molecule has 7 heavy (non-hydrogen) atoms. The third-order valence-corrected chi connectivity index (χ3v) is 1.04. The van der Waals surface area contributed by atoms with Gasteiger partial charge in [-0.05, 0) is 0 Å². The molecule has 0 bridgehead atoms. The van der Waals surface area contributed by atoms with E-state index in [9.17, 15) is 0 Å². The van der Waals surface area contributed by atoms with Crippen molar-refractivity contribution in [3.63, 3.8) is 0 Å². The van der Waals surface area contributed by atoms with Crippen LogP contribution in [0.2, 0.25) is 0 Å². The summed E-state index contributed by atoms with van der Waals surface area (Å²) in [5, 5.41) is 5.55. The van der Waals surface area contributed by atoms with Crippen LogP contribution in [0, 0.1) is 0 Å². The van der Waals surface area contributed by atoms with Gasteiger partial charge in [0.05, 0.1) is 16.1 Å². The molecule has 4 heteroatoms. The van der Waals surface area contributed by atoms with E-state index in [-0.39, 0.29) is 0 Å². The van der Waals surface area contributed by atoms with Crippen molar-refractivity contribution in [2.45, 2.75) is 0 Å². The van der Waals surface area contributed by atoms with Crippen molar-refractivity contribution >= 4 is 22.5 Å². The normalized spacial score (nSPS) is 19.1. The minimum Gasteiger partial charge on any atom is -0.277 e. The summed E-state index contributed by atoms with van der Waals surface area (Å²) in [6.45, 7) is 0.778. The van der Waals surface area contributed by atoms with Gasteiger partial charge in [0.15, 0.2) is 0 Å². The minimum absolute atomic E-state index is 0.778. The highest BCUT2D eigenvalue weighted by molar-refractivity contribution is 9.07. The maximum atomic E-state index is 3.78. The van der Waals surface area contributed by atoms with Crippen LogP contribution in [0.15, 0.2) is 5.10 Å². The Morgan fingerprint density at radius 2 is 2.57 bits per heavy atom. The standard InChI is InChI=1S/C3H5BrN3/c1-6-3-7(4)2-5-6/h3H2,1H3. The number of hydrazone groups is 1. The lowest BCUT2D eigenvalue weighted by atomic mass is 11.0.